The first-order valence-electron chi connectivity index (χ1n) is 9.98. The molecule has 142 valence electrons. The van der Waals surface area contributed by atoms with Gasteiger partial charge in [-0.1, -0.05) is 24.3 Å². The van der Waals surface area contributed by atoms with Gasteiger partial charge in [-0.25, -0.2) is 0 Å². The molecule has 0 unspecified atom stereocenters. The highest BCUT2D eigenvalue weighted by Gasteiger charge is 2.45. The Balaban J connectivity index is 1.48. The first kappa shape index (κ1) is 18.2. The lowest BCUT2D eigenvalue weighted by molar-refractivity contribution is -0.129. The third-order valence-electron chi connectivity index (χ3n) is 6.50. The van der Waals surface area contributed by atoms with E-state index in [-0.39, 0.29) is 11.3 Å². The van der Waals surface area contributed by atoms with Crippen molar-refractivity contribution in [3.05, 3.63) is 65.5 Å². The van der Waals surface area contributed by atoms with Crippen LogP contribution in [0.2, 0.25) is 0 Å². The van der Waals surface area contributed by atoms with Crippen LogP contribution < -0.4 is 0 Å². The second-order valence-electron chi connectivity index (χ2n) is 8.39. The van der Waals surface area contributed by atoms with Gasteiger partial charge in [0, 0.05) is 39.5 Å². The van der Waals surface area contributed by atoms with Crippen LogP contribution in [0.1, 0.15) is 48.3 Å². The third-order valence-corrected chi connectivity index (χ3v) is 6.50. The van der Waals surface area contributed by atoms with E-state index in [1.807, 2.05) is 26.5 Å². The number of amides is 1. The quantitative estimate of drug-likeness (QED) is 0.833. The van der Waals surface area contributed by atoms with Crippen molar-refractivity contribution < 1.29 is 4.79 Å². The van der Waals surface area contributed by atoms with Gasteiger partial charge >= 0.3 is 0 Å². The number of nitrogens with zero attached hydrogens (tertiary/aromatic N) is 3. The summed E-state index contributed by atoms with van der Waals surface area (Å²) in [6, 6.07) is 13.1. The van der Waals surface area contributed by atoms with Crippen LogP contribution in [0.25, 0.3) is 0 Å². The van der Waals surface area contributed by atoms with E-state index < -0.39 is 0 Å². The van der Waals surface area contributed by atoms with Gasteiger partial charge in [0.2, 0.25) is 5.91 Å². The standard InChI is InChI=1S/C23H29N3O/c1-25(2)22(27)15-19-16-23(21-6-4-3-5-20(19)21)9-13-26(14-10-23)17-18-7-11-24-12-8-18/h3-8,11-12,19H,9-10,13-17H2,1-2H3/t19-/m1/s1. The van der Waals surface area contributed by atoms with Gasteiger partial charge < -0.3 is 4.90 Å². The molecular formula is C23H29N3O. The van der Waals surface area contributed by atoms with Crippen LogP contribution in [0, 0.1) is 0 Å². The Kier molecular flexibility index (Phi) is 5.00. The molecule has 1 spiro atoms. The molecule has 0 saturated carbocycles. The SMILES string of the molecule is CN(C)C(=O)C[C@@H]1CC2(CCN(Cc3ccncc3)CC2)c2ccccc21. The van der Waals surface area contributed by atoms with Gasteiger partial charge in [0.15, 0.2) is 0 Å². The van der Waals surface area contributed by atoms with Crippen LogP contribution in [-0.4, -0.2) is 47.9 Å². The second kappa shape index (κ2) is 7.43. The smallest absolute Gasteiger partial charge is 0.222 e. The van der Waals surface area contributed by atoms with Crippen LogP contribution in [0.5, 0.6) is 0 Å². The molecule has 1 aliphatic carbocycles. The fourth-order valence-electron chi connectivity index (χ4n) is 4.96. The van der Waals surface area contributed by atoms with Gasteiger partial charge in [-0.05, 0) is 72.5 Å². The maximum atomic E-state index is 12.3. The number of aromatic nitrogens is 1. The Morgan fingerprint density at radius 1 is 1.15 bits per heavy atom. The Bertz CT molecular complexity index is 794. The van der Waals surface area contributed by atoms with E-state index >= 15 is 0 Å². The summed E-state index contributed by atoms with van der Waals surface area (Å²) in [5.41, 5.74) is 4.51. The summed E-state index contributed by atoms with van der Waals surface area (Å²) in [6.07, 6.45) is 7.87. The summed E-state index contributed by atoms with van der Waals surface area (Å²) in [6.45, 7) is 3.23. The molecule has 1 fully saturated rings. The molecule has 0 N–H and O–H groups in total. The lowest BCUT2D eigenvalue weighted by atomic mass is 9.73. The minimum Gasteiger partial charge on any atom is -0.349 e. The number of rotatable bonds is 4. The minimum absolute atomic E-state index is 0.238. The highest BCUT2D eigenvalue weighted by atomic mass is 16.2. The number of pyridine rings is 1. The zero-order valence-corrected chi connectivity index (χ0v) is 16.4. The summed E-state index contributed by atoms with van der Waals surface area (Å²) < 4.78 is 0. The lowest BCUT2D eigenvalue weighted by Crippen LogP contribution is -2.41. The zero-order valence-electron chi connectivity index (χ0n) is 16.4. The van der Waals surface area contributed by atoms with E-state index in [0.717, 1.165) is 26.1 Å². The first-order valence-corrected chi connectivity index (χ1v) is 9.98. The lowest BCUT2D eigenvalue weighted by Gasteiger charge is -2.40. The van der Waals surface area contributed by atoms with Gasteiger partial charge in [-0.3, -0.25) is 14.7 Å². The number of benzene rings is 1. The van der Waals surface area contributed by atoms with E-state index in [0.29, 0.717) is 12.3 Å². The van der Waals surface area contributed by atoms with Gasteiger partial charge in [0.05, 0.1) is 0 Å². The number of hydrogen-bond acceptors (Lipinski definition) is 3. The van der Waals surface area contributed by atoms with Crippen molar-refractivity contribution in [1.82, 2.24) is 14.8 Å². The van der Waals surface area contributed by atoms with Crippen molar-refractivity contribution in [3.63, 3.8) is 0 Å². The first-order chi connectivity index (χ1) is 13.1. The van der Waals surface area contributed by atoms with Gasteiger partial charge in [0.25, 0.3) is 0 Å². The van der Waals surface area contributed by atoms with Gasteiger partial charge in [0.1, 0.15) is 0 Å². The molecule has 4 heteroatoms. The Morgan fingerprint density at radius 3 is 2.56 bits per heavy atom. The number of piperidine rings is 1. The van der Waals surface area contributed by atoms with E-state index in [4.69, 9.17) is 0 Å². The molecular weight excluding hydrogens is 334 g/mol. The molecule has 27 heavy (non-hydrogen) atoms. The van der Waals surface area contributed by atoms with Crippen molar-refractivity contribution in [2.75, 3.05) is 27.2 Å². The maximum Gasteiger partial charge on any atom is 0.222 e. The van der Waals surface area contributed by atoms with Crippen molar-refractivity contribution in [2.24, 2.45) is 0 Å². The monoisotopic (exact) mass is 363 g/mol. The molecule has 2 heterocycles. The molecule has 0 radical (unpaired) electrons. The normalized spacial score (nSPS) is 21.2. The van der Waals surface area contributed by atoms with Gasteiger partial charge in [-0.2, -0.15) is 0 Å². The van der Waals surface area contributed by atoms with E-state index in [2.05, 4.69) is 46.3 Å². The molecule has 1 aromatic carbocycles. The largest absolute Gasteiger partial charge is 0.349 e. The molecule has 1 aliphatic heterocycles. The van der Waals surface area contributed by atoms with E-state index in [1.54, 1.807) is 4.90 Å². The van der Waals surface area contributed by atoms with Crippen LogP contribution in [-0.2, 0) is 16.8 Å². The van der Waals surface area contributed by atoms with Crippen LogP contribution in [0.15, 0.2) is 48.8 Å². The number of hydrogen-bond donors (Lipinski definition) is 0. The third kappa shape index (κ3) is 3.63. The topological polar surface area (TPSA) is 36.4 Å². The van der Waals surface area contributed by atoms with Crippen molar-refractivity contribution >= 4 is 5.91 Å². The minimum atomic E-state index is 0.238. The van der Waals surface area contributed by atoms with Crippen LogP contribution in [0.3, 0.4) is 0 Å². The molecule has 1 atom stereocenters. The molecule has 4 rings (SSSR count). The molecule has 1 aromatic heterocycles. The van der Waals surface area contributed by atoms with E-state index in [9.17, 15) is 4.79 Å². The predicted molar refractivity (Wildman–Crippen MR) is 108 cm³/mol. The van der Waals surface area contributed by atoms with Crippen LogP contribution >= 0.6 is 0 Å². The number of carbonyl (C=O) groups excluding carboxylic acids is 1. The molecule has 2 aliphatic rings. The Labute approximate surface area is 162 Å². The average molecular weight is 364 g/mol. The number of likely N-dealkylation sites (tertiary alicyclic amines) is 1. The summed E-state index contributed by atoms with van der Waals surface area (Å²) in [5.74, 6) is 0.602. The Hall–Kier alpha value is -2.20. The average Bonchev–Trinajstić information content (AvgIpc) is 2.98. The molecule has 2 aromatic rings. The fraction of sp³-hybridized carbons (Fsp3) is 0.478. The fourth-order valence-corrected chi connectivity index (χ4v) is 4.96. The summed E-state index contributed by atoms with van der Waals surface area (Å²) in [7, 11) is 3.72. The number of carbonyl (C=O) groups is 1. The predicted octanol–water partition coefficient (Wildman–Crippen LogP) is 3.58. The maximum absolute atomic E-state index is 12.3. The summed E-state index contributed by atoms with van der Waals surface area (Å²) in [4.78, 5) is 20.7. The Morgan fingerprint density at radius 2 is 1.85 bits per heavy atom. The van der Waals surface area contributed by atoms with E-state index in [1.165, 1.54) is 29.5 Å². The highest BCUT2D eigenvalue weighted by Crippen LogP contribution is 2.52. The number of fused-ring (bicyclic) bond motifs is 2. The summed E-state index contributed by atoms with van der Waals surface area (Å²) >= 11 is 0. The van der Waals surface area contributed by atoms with Crippen molar-refractivity contribution in [2.45, 2.75) is 43.6 Å². The highest BCUT2D eigenvalue weighted by molar-refractivity contribution is 5.77. The zero-order chi connectivity index (χ0) is 18.9. The van der Waals surface area contributed by atoms with Crippen molar-refractivity contribution in [1.29, 1.82) is 0 Å². The van der Waals surface area contributed by atoms with Crippen molar-refractivity contribution in [3.8, 4) is 0 Å². The molecule has 0 bridgehead atoms. The molecule has 1 amide bonds. The van der Waals surface area contributed by atoms with Crippen LogP contribution in [0.4, 0.5) is 0 Å². The second-order valence-corrected chi connectivity index (χ2v) is 8.39. The van der Waals surface area contributed by atoms with Gasteiger partial charge in [-0.15, -0.1) is 0 Å². The molecule has 4 nitrogen and oxygen atoms in total. The molecule has 1 saturated heterocycles. The summed E-state index contributed by atoms with van der Waals surface area (Å²) in [5, 5.41) is 0.